The maximum Gasteiger partial charge on any atom is 0.383 e. The highest BCUT2D eigenvalue weighted by atomic mass is 19.3. The molecule has 0 saturated carbocycles. The first kappa shape index (κ1) is 13.3. The number of anilines is 1. The summed E-state index contributed by atoms with van der Waals surface area (Å²) in [5.41, 5.74) is 0.280. The fraction of sp³-hybridized carbons (Fsp3) is 0.300. The van der Waals surface area contributed by atoms with Crippen LogP contribution in [0.15, 0.2) is 18.2 Å². The maximum absolute atomic E-state index is 12.6. The summed E-state index contributed by atoms with van der Waals surface area (Å²) in [6.45, 7) is 1.62. The number of carbonyl (C=O) groups is 1. The molecule has 0 radical (unpaired) electrons. The van der Waals surface area contributed by atoms with E-state index < -0.39 is 24.0 Å². The van der Waals surface area contributed by atoms with E-state index in [1.807, 2.05) is 0 Å². The SMILES string of the molecule is Cc1ccc(NC(=O)C(F)(F)C(F)F)c(O)c1. The van der Waals surface area contributed by atoms with Gasteiger partial charge in [-0.15, -0.1) is 0 Å². The third kappa shape index (κ3) is 2.86. The average molecular weight is 251 g/mol. The number of phenols is 1. The Morgan fingerprint density at radius 2 is 2.00 bits per heavy atom. The highest BCUT2D eigenvalue weighted by Crippen LogP contribution is 2.28. The fourth-order valence-electron chi connectivity index (χ4n) is 1.05. The number of nitrogens with one attached hydrogen (secondary N) is 1. The standard InChI is InChI=1S/C10H9F4NO2/c1-5-2-3-6(7(16)4-5)15-9(17)10(13,14)8(11)12/h2-4,8,16H,1H3,(H,15,17). The van der Waals surface area contributed by atoms with Crippen molar-refractivity contribution in [3.8, 4) is 5.75 Å². The van der Waals surface area contributed by atoms with E-state index in [4.69, 9.17) is 0 Å². The van der Waals surface area contributed by atoms with Crippen molar-refractivity contribution < 1.29 is 27.5 Å². The van der Waals surface area contributed by atoms with Crippen LogP contribution in [0.1, 0.15) is 5.56 Å². The maximum atomic E-state index is 12.6. The van der Waals surface area contributed by atoms with Crippen molar-refractivity contribution in [2.24, 2.45) is 0 Å². The highest BCUT2D eigenvalue weighted by molar-refractivity contribution is 5.97. The summed E-state index contributed by atoms with van der Waals surface area (Å²) in [4.78, 5) is 10.9. The molecule has 0 fully saturated rings. The molecule has 0 aliphatic rings. The molecule has 3 nitrogen and oxygen atoms in total. The van der Waals surface area contributed by atoms with Gasteiger partial charge in [0.05, 0.1) is 5.69 Å². The first-order valence-corrected chi connectivity index (χ1v) is 4.52. The fourth-order valence-corrected chi connectivity index (χ4v) is 1.05. The van der Waals surface area contributed by atoms with Gasteiger partial charge in [0.25, 0.3) is 0 Å². The van der Waals surface area contributed by atoms with E-state index in [2.05, 4.69) is 0 Å². The Morgan fingerprint density at radius 1 is 1.41 bits per heavy atom. The number of aromatic hydroxyl groups is 1. The largest absolute Gasteiger partial charge is 0.506 e. The van der Waals surface area contributed by atoms with E-state index in [9.17, 15) is 27.5 Å². The van der Waals surface area contributed by atoms with E-state index in [0.29, 0.717) is 5.56 Å². The first-order valence-electron chi connectivity index (χ1n) is 4.52. The third-order valence-corrected chi connectivity index (χ3v) is 1.98. The predicted octanol–water partition coefficient (Wildman–Crippen LogP) is 2.54. The van der Waals surface area contributed by atoms with Crippen LogP contribution in [0.3, 0.4) is 0 Å². The lowest BCUT2D eigenvalue weighted by atomic mass is 10.2. The zero-order chi connectivity index (χ0) is 13.2. The molecule has 0 atom stereocenters. The van der Waals surface area contributed by atoms with Gasteiger partial charge >= 0.3 is 18.3 Å². The van der Waals surface area contributed by atoms with Crippen LogP contribution in [0.4, 0.5) is 23.2 Å². The molecule has 0 aromatic heterocycles. The number of benzene rings is 1. The Bertz CT molecular complexity index is 434. The molecule has 1 amide bonds. The van der Waals surface area contributed by atoms with Crippen LogP contribution in [0, 0.1) is 6.92 Å². The molecule has 94 valence electrons. The Morgan fingerprint density at radius 3 is 2.47 bits per heavy atom. The van der Waals surface area contributed by atoms with Crippen LogP contribution >= 0.6 is 0 Å². The second-order valence-electron chi connectivity index (χ2n) is 3.40. The molecule has 0 aliphatic carbocycles. The van der Waals surface area contributed by atoms with Gasteiger partial charge in [0.2, 0.25) is 0 Å². The van der Waals surface area contributed by atoms with Crippen LogP contribution in [-0.4, -0.2) is 23.4 Å². The van der Waals surface area contributed by atoms with Crippen molar-refractivity contribution in [2.45, 2.75) is 19.3 Å². The van der Waals surface area contributed by atoms with Crippen LogP contribution in [-0.2, 0) is 4.79 Å². The molecule has 1 aromatic rings. The summed E-state index contributed by atoms with van der Waals surface area (Å²) in [7, 11) is 0. The second kappa shape index (κ2) is 4.60. The lowest BCUT2D eigenvalue weighted by Crippen LogP contribution is -2.40. The Kier molecular flexibility index (Phi) is 3.59. The Hall–Kier alpha value is -1.79. The number of rotatable bonds is 3. The molecule has 0 aliphatic heterocycles. The lowest BCUT2D eigenvalue weighted by Gasteiger charge is -2.15. The Labute approximate surface area is 94.1 Å². The van der Waals surface area contributed by atoms with E-state index in [1.54, 1.807) is 12.2 Å². The van der Waals surface area contributed by atoms with E-state index >= 15 is 0 Å². The molecule has 0 spiro atoms. The van der Waals surface area contributed by atoms with Crippen LogP contribution in [0.2, 0.25) is 0 Å². The minimum atomic E-state index is -4.79. The summed E-state index contributed by atoms with van der Waals surface area (Å²) in [5, 5.41) is 10.8. The molecule has 1 rings (SSSR count). The summed E-state index contributed by atoms with van der Waals surface area (Å²) in [5.74, 6) is -7.42. The number of phenolic OH excluding ortho intramolecular Hbond substituents is 1. The molecule has 1 aromatic carbocycles. The second-order valence-corrected chi connectivity index (χ2v) is 3.40. The van der Waals surface area contributed by atoms with Gasteiger partial charge in [0, 0.05) is 0 Å². The number of halogens is 4. The van der Waals surface area contributed by atoms with Gasteiger partial charge < -0.3 is 10.4 Å². The van der Waals surface area contributed by atoms with Gasteiger partial charge in [-0.2, -0.15) is 8.78 Å². The summed E-state index contributed by atoms with van der Waals surface area (Å²) >= 11 is 0. The van der Waals surface area contributed by atoms with Crippen molar-refractivity contribution >= 4 is 11.6 Å². The third-order valence-electron chi connectivity index (χ3n) is 1.98. The van der Waals surface area contributed by atoms with Gasteiger partial charge in [0.1, 0.15) is 5.75 Å². The van der Waals surface area contributed by atoms with Crippen LogP contribution < -0.4 is 5.32 Å². The van der Waals surface area contributed by atoms with Gasteiger partial charge in [0.15, 0.2) is 0 Å². The van der Waals surface area contributed by atoms with Crippen molar-refractivity contribution in [3.63, 3.8) is 0 Å². The normalized spacial score (nSPS) is 11.6. The number of hydrogen-bond donors (Lipinski definition) is 2. The van der Waals surface area contributed by atoms with Crippen molar-refractivity contribution in [1.29, 1.82) is 0 Å². The zero-order valence-corrected chi connectivity index (χ0v) is 8.68. The Balaban J connectivity index is 2.89. The van der Waals surface area contributed by atoms with E-state index in [0.717, 1.165) is 6.07 Å². The van der Waals surface area contributed by atoms with Gasteiger partial charge in [-0.3, -0.25) is 4.79 Å². The topological polar surface area (TPSA) is 49.3 Å². The molecule has 7 heteroatoms. The zero-order valence-electron chi connectivity index (χ0n) is 8.68. The molecular weight excluding hydrogens is 242 g/mol. The minimum absolute atomic E-state index is 0.346. The number of aryl methyl sites for hydroxylation is 1. The summed E-state index contributed by atoms with van der Waals surface area (Å²) in [6.07, 6.45) is -4.10. The molecule has 0 unspecified atom stereocenters. The predicted molar refractivity (Wildman–Crippen MR) is 52.4 cm³/mol. The molecule has 0 bridgehead atoms. The number of hydrogen-bond acceptors (Lipinski definition) is 2. The number of alkyl halides is 4. The highest BCUT2D eigenvalue weighted by Gasteiger charge is 2.49. The molecule has 0 saturated heterocycles. The molecule has 0 heterocycles. The van der Waals surface area contributed by atoms with Crippen LogP contribution in [0.25, 0.3) is 0 Å². The number of carbonyl (C=O) groups excluding carboxylic acids is 1. The summed E-state index contributed by atoms with van der Waals surface area (Å²) in [6, 6.07) is 3.77. The summed E-state index contributed by atoms with van der Waals surface area (Å²) < 4.78 is 48.9. The molecular formula is C10H9F4NO2. The molecule has 2 N–H and O–H groups in total. The average Bonchev–Trinajstić information content (AvgIpc) is 2.21. The smallest absolute Gasteiger partial charge is 0.383 e. The van der Waals surface area contributed by atoms with Gasteiger partial charge in [-0.05, 0) is 24.6 Å². The van der Waals surface area contributed by atoms with Crippen molar-refractivity contribution in [3.05, 3.63) is 23.8 Å². The van der Waals surface area contributed by atoms with E-state index in [1.165, 1.54) is 12.1 Å². The molecule has 17 heavy (non-hydrogen) atoms. The minimum Gasteiger partial charge on any atom is -0.506 e. The van der Waals surface area contributed by atoms with Gasteiger partial charge in [-0.25, -0.2) is 8.78 Å². The van der Waals surface area contributed by atoms with Gasteiger partial charge in [-0.1, -0.05) is 6.07 Å². The first-order chi connectivity index (χ1) is 7.75. The van der Waals surface area contributed by atoms with Crippen molar-refractivity contribution in [2.75, 3.05) is 5.32 Å². The number of amides is 1. The monoisotopic (exact) mass is 251 g/mol. The van der Waals surface area contributed by atoms with Crippen molar-refractivity contribution in [1.82, 2.24) is 0 Å². The quantitative estimate of drug-likeness (QED) is 0.640. The lowest BCUT2D eigenvalue weighted by molar-refractivity contribution is -0.163. The van der Waals surface area contributed by atoms with Crippen LogP contribution in [0.5, 0.6) is 5.75 Å². The van der Waals surface area contributed by atoms with E-state index in [-0.39, 0.29) is 5.69 Å².